The van der Waals surface area contributed by atoms with Gasteiger partial charge >= 0.3 is 0 Å². The second kappa shape index (κ2) is 7.66. The molecule has 1 rings (SSSR count). The fraction of sp³-hybridized carbons (Fsp3) is 0.875. The number of aromatic nitrogens is 3. The zero-order chi connectivity index (χ0) is 14.3. The first-order chi connectivity index (χ1) is 9.03. The zero-order valence-corrected chi connectivity index (χ0v) is 13.4. The summed E-state index contributed by atoms with van der Waals surface area (Å²) in [6.45, 7) is 11.2. The Hall–Kier alpha value is -0.860. The van der Waals surface area contributed by atoms with E-state index in [1.807, 2.05) is 11.0 Å². The van der Waals surface area contributed by atoms with Gasteiger partial charge in [0, 0.05) is 11.5 Å². The first-order valence-corrected chi connectivity index (χ1v) is 7.95. The summed E-state index contributed by atoms with van der Waals surface area (Å²) in [6.07, 6.45) is 10.7. The van der Waals surface area contributed by atoms with E-state index in [4.69, 9.17) is 5.10 Å². The Bertz CT molecular complexity index is 357. The molecule has 0 amide bonds. The summed E-state index contributed by atoms with van der Waals surface area (Å²) in [4.78, 5) is 4.59. The third-order valence-corrected chi connectivity index (χ3v) is 3.99. The maximum Gasteiger partial charge on any atom is 0.156 e. The van der Waals surface area contributed by atoms with Crippen LogP contribution >= 0.6 is 0 Å². The van der Waals surface area contributed by atoms with Crippen LogP contribution in [0.1, 0.15) is 91.4 Å². The van der Waals surface area contributed by atoms with Gasteiger partial charge in [0.15, 0.2) is 5.82 Å². The standard InChI is InChI=1S/C16H31N3/c1-6-8-10-12-16(5,11-9-7-2)15-17-13-19(18-15)14(3)4/h13-14H,6-12H2,1-5H3. The molecule has 0 saturated heterocycles. The summed E-state index contributed by atoms with van der Waals surface area (Å²) in [5, 5.41) is 4.72. The van der Waals surface area contributed by atoms with Crippen LogP contribution in [0.4, 0.5) is 0 Å². The lowest BCUT2D eigenvalue weighted by Gasteiger charge is -2.26. The maximum absolute atomic E-state index is 4.72. The molecule has 0 fully saturated rings. The van der Waals surface area contributed by atoms with E-state index in [-0.39, 0.29) is 5.41 Å². The molecule has 3 nitrogen and oxygen atoms in total. The molecule has 1 heterocycles. The zero-order valence-electron chi connectivity index (χ0n) is 13.4. The van der Waals surface area contributed by atoms with E-state index in [1.165, 1.54) is 44.9 Å². The molecule has 3 heteroatoms. The minimum Gasteiger partial charge on any atom is -0.250 e. The molecule has 0 aliphatic carbocycles. The van der Waals surface area contributed by atoms with Crippen LogP contribution < -0.4 is 0 Å². The van der Waals surface area contributed by atoms with E-state index in [2.05, 4.69) is 39.6 Å². The van der Waals surface area contributed by atoms with Gasteiger partial charge in [-0.15, -0.1) is 0 Å². The van der Waals surface area contributed by atoms with Crippen molar-refractivity contribution < 1.29 is 0 Å². The van der Waals surface area contributed by atoms with Crippen LogP contribution in [-0.2, 0) is 5.41 Å². The van der Waals surface area contributed by atoms with Crippen molar-refractivity contribution in [1.82, 2.24) is 14.8 Å². The van der Waals surface area contributed by atoms with Crippen LogP contribution in [0, 0.1) is 0 Å². The van der Waals surface area contributed by atoms with Crippen molar-refractivity contribution in [3.05, 3.63) is 12.2 Å². The highest BCUT2D eigenvalue weighted by molar-refractivity contribution is 5.04. The molecule has 1 unspecified atom stereocenters. The number of nitrogens with zero attached hydrogens (tertiary/aromatic N) is 3. The van der Waals surface area contributed by atoms with Gasteiger partial charge in [-0.3, -0.25) is 4.68 Å². The normalized spacial score (nSPS) is 14.8. The quantitative estimate of drug-likeness (QED) is 0.595. The number of rotatable bonds is 9. The molecule has 19 heavy (non-hydrogen) atoms. The van der Waals surface area contributed by atoms with Crippen LogP contribution in [0.15, 0.2) is 6.33 Å². The molecule has 0 saturated carbocycles. The van der Waals surface area contributed by atoms with Gasteiger partial charge in [0.05, 0.1) is 0 Å². The van der Waals surface area contributed by atoms with E-state index in [9.17, 15) is 0 Å². The van der Waals surface area contributed by atoms with E-state index < -0.39 is 0 Å². The van der Waals surface area contributed by atoms with Crippen molar-refractivity contribution in [2.75, 3.05) is 0 Å². The van der Waals surface area contributed by atoms with Crippen LogP contribution in [0.2, 0.25) is 0 Å². The summed E-state index contributed by atoms with van der Waals surface area (Å²) in [5.74, 6) is 1.05. The number of hydrogen-bond acceptors (Lipinski definition) is 2. The Kier molecular flexibility index (Phi) is 6.53. The molecule has 1 atom stereocenters. The lowest BCUT2D eigenvalue weighted by molar-refractivity contribution is 0.347. The van der Waals surface area contributed by atoms with Crippen LogP contribution in [0.5, 0.6) is 0 Å². The van der Waals surface area contributed by atoms with Gasteiger partial charge in [-0.2, -0.15) is 5.10 Å². The van der Waals surface area contributed by atoms with Crippen molar-refractivity contribution in [2.24, 2.45) is 0 Å². The lowest BCUT2D eigenvalue weighted by Crippen LogP contribution is -2.24. The fourth-order valence-electron chi connectivity index (χ4n) is 2.48. The smallest absolute Gasteiger partial charge is 0.156 e. The molecule has 0 spiro atoms. The van der Waals surface area contributed by atoms with E-state index in [0.29, 0.717) is 6.04 Å². The van der Waals surface area contributed by atoms with Crippen LogP contribution in [0.25, 0.3) is 0 Å². The molecule has 1 aromatic heterocycles. The van der Waals surface area contributed by atoms with E-state index in [0.717, 1.165) is 5.82 Å². The van der Waals surface area contributed by atoms with Crippen molar-refractivity contribution in [3.8, 4) is 0 Å². The molecule has 0 aliphatic rings. The molecule has 0 aliphatic heterocycles. The van der Waals surface area contributed by atoms with Gasteiger partial charge in [-0.25, -0.2) is 4.98 Å². The summed E-state index contributed by atoms with van der Waals surface area (Å²) in [6, 6.07) is 0.396. The largest absolute Gasteiger partial charge is 0.250 e. The highest BCUT2D eigenvalue weighted by Crippen LogP contribution is 2.33. The predicted molar refractivity (Wildman–Crippen MR) is 81.4 cm³/mol. The summed E-state index contributed by atoms with van der Waals surface area (Å²) < 4.78 is 1.99. The molecule has 0 aromatic carbocycles. The van der Waals surface area contributed by atoms with Gasteiger partial charge < -0.3 is 0 Å². The molecular weight excluding hydrogens is 234 g/mol. The van der Waals surface area contributed by atoms with Crippen molar-refractivity contribution in [1.29, 1.82) is 0 Å². The van der Waals surface area contributed by atoms with Gasteiger partial charge in [0.2, 0.25) is 0 Å². The minimum absolute atomic E-state index is 0.158. The monoisotopic (exact) mass is 265 g/mol. The van der Waals surface area contributed by atoms with Gasteiger partial charge in [-0.1, -0.05) is 52.9 Å². The average molecular weight is 265 g/mol. The Morgan fingerprint density at radius 1 is 1.11 bits per heavy atom. The van der Waals surface area contributed by atoms with Crippen molar-refractivity contribution in [3.63, 3.8) is 0 Å². The molecule has 0 bridgehead atoms. The second-order valence-electron chi connectivity index (χ2n) is 6.26. The second-order valence-corrected chi connectivity index (χ2v) is 6.26. The number of hydrogen-bond donors (Lipinski definition) is 0. The Morgan fingerprint density at radius 2 is 1.74 bits per heavy atom. The summed E-state index contributed by atoms with van der Waals surface area (Å²) >= 11 is 0. The van der Waals surface area contributed by atoms with Crippen LogP contribution in [-0.4, -0.2) is 14.8 Å². The molecular formula is C16H31N3. The highest BCUT2D eigenvalue weighted by atomic mass is 15.3. The van der Waals surface area contributed by atoms with Crippen molar-refractivity contribution >= 4 is 0 Å². The Morgan fingerprint density at radius 3 is 2.26 bits per heavy atom. The topological polar surface area (TPSA) is 30.7 Å². The van der Waals surface area contributed by atoms with Gasteiger partial charge in [-0.05, 0) is 26.7 Å². The lowest BCUT2D eigenvalue weighted by atomic mass is 9.79. The van der Waals surface area contributed by atoms with Gasteiger partial charge in [0.1, 0.15) is 6.33 Å². The van der Waals surface area contributed by atoms with Gasteiger partial charge in [0.25, 0.3) is 0 Å². The SMILES string of the molecule is CCCCCC(C)(CCCC)c1ncn(C(C)C)n1. The number of unbranched alkanes of at least 4 members (excludes halogenated alkanes) is 3. The Balaban J connectivity index is 2.80. The molecule has 1 aromatic rings. The van der Waals surface area contributed by atoms with Crippen LogP contribution in [0.3, 0.4) is 0 Å². The maximum atomic E-state index is 4.72. The first-order valence-electron chi connectivity index (χ1n) is 7.95. The average Bonchev–Trinajstić information content (AvgIpc) is 2.87. The van der Waals surface area contributed by atoms with E-state index >= 15 is 0 Å². The summed E-state index contributed by atoms with van der Waals surface area (Å²) in [5.41, 5.74) is 0.158. The predicted octanol–water partition coefficient (Wildman–Crippen LogP) is 4.89. The molecule has 0 N–H and O–H groups in total. The third kappa shape index (κ3) is 4.63. The fourth-order valence-corrected chi connectivity index (χ4v) is 2.48. The Labute approximate surface area is 118 Å². The first kappa shape index (κ1) is 16.2. The minimum atomic E-state index is 0.158. The highest BCUT2D eigenvalue weighted by Gasteiger charge is 2.29. The molecule has 110 valence electrons. The summed E-state index contributed by atoms with van der Waals surface area (Å²) in [7, 11) is 0. The van der Waals surface area contributed by atoms with Crippen molar-refractivity contribution in [2.45, 2.75) is 91.0 Å². The third-order valence-electron chi connectivity index (χ3n) is 3.99. The van der Waals surface area contributed by atoms with E-state index in [1.54, 1.807) is 0 Å². The molecule has 0 radical (unpaired) electrons.